The van der Waals surface area contributed by atoms with E-state index in [2.05, 4.69) is 4.18 Å². The minimum Gasteiger partial charge on any atom is -0.254 e. The Balaban J connectivity index is 5.15. The molecule has 0 rings (SSSR count). The van der Waals surface area contributed by atoms with Crippen molar-refractivity contribution in [3.8, 4) is 0 Å². The maximum absolute atomic E-state index is 12.7. The highest BCUT2D eigenvalue weighted by atomic mass is 32.2. The van der Waals surface area contributed by atoms with Crippen molar-refractivity contribution >= 4 is 10.1 Å². The molecule has 0 unspecified atom stereocenters. The second-order valence-electron chi connectivity index (χ2n) is 3.48. The molecule has 0 aliphatic heterocycles. The SMILES string of the molecule is O=S(=O)(OCC(F)(F)OC(F)(F)C(F)(F)OC(F)(F)F)C(F)(F)F. The highest BCUT2D eigenvalue weighted by Gasteiger charge is 2.68. The van der Waals surface area contributed by atoms with Crippen molar-refractivity contribution in [2.24, 2.45) is 0 Å². The van der Waals surface area contributed by atoms with Gasteiger partial charge in [0.25, 0.3) is 0 Å². The highest BCUT2D eigenvalue weighted by molar-refractivity contribution is 7.87. The third-order valence-electron chi connectivity index (χ3n) is 1.53. The molecule has 0 N–H and O–H groups in total. The molecule has 0 heterocycles. The Bertz CT molecular complexity index is 533. The van der Waals surface area contributed by atoms with Gasteiger partial charge in [-0.1, -0.05) is 0 Å². The highest BCUT2D eigenvalue weighted by Crippen LogP contribution is 2.43. The van der Waals surface area contributed by atoms with Crippen LogP contribution in [-0.4, -0.2) is 45.2 Å². The molecule has 0 aliphatic carbocycles. The summed E-state index contributed by atoms with van der Waals surface area (Å²) in [6.07, 6.45) is -25.8. The van der Waals surface area contributed by atoms with Gasteiger partial charge in [0.05, 0.1) is 0 Å². The number of hydrogen-bond donors (Lipinski definition) is 0. The number of hydrogen-bond acceptors (Lipinski definition) is 5. The molecule has 0 aliphatic rings. The first kappa shape index (κ1) is 23.0. The van der Waals surface area contributed by atoms with E-state index in [0.717, 1.165) is 0 Å². The molecule has 0 fully saturated rings. The molecule has 0 saturated heterocycles. The first-order valence-electron chi connectivity index (χ1n) is 4.68. The lowest BCUT2D eigenvalue weighted by molar-refractivity contribution is -0.529. The molecule has 0 aromatic heterocycles. The molecule has 0 atom stereocenters. The molecule has 146 valence electrons. The van der Waals surface area contributed by atoms with Crippen molar-refractivity contribution in [2.75, 3.05) is 6.61 Å². The van der Waals surface area contributed by atoms with Gasteiger partial charge in [0.15, 0.2) is 6.61 Å². The number of rotatable bonds is 7. The van der Waals surface area contributed by atoms with Crippen LogP contribution in [0, 0.1) is 0 Å². The summed E-state index contributed by atoms with van der Waals surface area (Å²) < 4.78 is 171. The second-order valence-corrected chi connectivity index (χ2v) is 5.09. The average Bonchev–Trinajstić information content (AvgIpc) is 2.20. The smallest absolute Gasteiger partial charge is 0.254 e. The molecule has 0 aromatic rings. The van der Waals surface area contributed by atoms with Crippen molar-refractivity contribution < 1.29 is 74.8 Å². The minimum absolute atomic E-state index is 1.55. The molecule has 18 heteroatoms. The molecular formula is C6H2F12O5S. The van der Waals surface area contributed by atoms with Crippen LogP contribution in [0.15, 0.2) is 0 Å². The Morgan fingerprint density at radius 3 is 1.38 bits per heavy atom. The van der Waals surface area contributed by atoms with Crippen LogP contribution < -0.4 is 0 Å². The van der Waals surface area contributed by atoms with Crippen LogP contribution in [-0.2, 0) is 23.8 Å². The lowest BCUT2D eigenvalue weighted by Gasteiger charge is -2.29. The first-order valence-corrected chi connectivity index (χ1v) is 6.09. The summed E-state index contributed by atoms with van der Waals surface area (Å²) in [5.41, 5.74) is -6.28. The molecule has 5 nitrogen and oxygen atoms in total. The van der Waals surface area contributed by atoms with Crippen LogP contribution in [0.3, 0.4) is 0 Å². The molecule has 0 aromatic carbocycles. The average molecular weight is 414 g/mol. The van der Waals surface area contributed by atoms with Crippen LogP contribution >= 0.6 is 0 Å². The Kier molecular flexibility index (Phi) is 6.10. The Morgan fingerprint density at radius 1 is 0.667 bits per heavy atom. The monoisotopic (exact) mass is 414 g/mol. The van der Waals surface area contributed by atoms with Crippen molar-refractivity contribution in [1.29, 1.82) is 0 Å². The summed E-state index contributed by atoms with van der Waals surface area (Å²) in [6.45, 7) is -3.20. The molecule has 0 spiro atoms. The molecule has 0 amide bonds. The van der Waals surface area contributed by atoms with E-state index in [1.54, 1.807) is 4.74 Å². The lowest BCUT2D eigenvalue weighted by atomic mass is 10.5. The number of alkyl halides is 12. The predicted octanol–water partition coefficient (Wildman–Crippen LogP) is 3.18. The predicted molar refractivity (Wildman–Crippen MR) is 44.0 cm³/mol. The maximum atomic E-state index is 12.7. The van der Waals surface area contributed by atoms with Gasteiger partial charge in [0.1, 0.15) is 0 Å². The fraction of sp³-hybridized carbons (Fsp3) is 1.00. The number of ether oxygens (including phenoxy) is 2. The van der Waals surface area contributed by atoms with E-state index in [0.29, 0.717) is 0 Å². The quantitative estimate of drug-likeness (QED) is 0.364. The van der Waals surface area contributed by atoms with E-state index in [4.69, 9.17) is 0 Å². The van der Waals surface area contributed by atoms with Gasteiger partial charge in [-0.2, -0.15) is 47.9 Å². The van der Waals surface area contributed by atoms with Crippen LogP contribution in [0.2, 0.25) is 0 Å². The van der Waals surface area contributed by atoms with Crippen LogP contribution in [0.4, 0.5) is 52.7 Å². The van der Waals surface area contributed by atoms with E-state index >= 15 is 0 Å². The fourth-order valence-electron chi connectivity index (χ4n) is 0.694. The van der Waals surface area contributed by atoms with Gasteiger partial charge in [-0.05, 0) is 0 Å². The third kappa shape index (κ3) is 6.48. The van der Waals surface area contributed by atoms with Crippen LogP contribution in [0.1, 0.15) is 0 Å². The van der Waals surface area contributed by atoms with Gasteiger partial charge in [0, 0.05) is 0 Å². The van der Waals surface area contributed by atoms with Gasteiger partial charge in [-0.25, -0.2) is 9.47 Å². The summed E-state index contributed by atoms with van der Waals surface area (Å²) >= 11 is 0. The Hall–Kier alpha value is -1.01. The van der Waals surface area contributed by atoms with Crippen molar-refractivity contribution in [3.63, 3.8) is 0 Å². The summed E-state index contributed by atoms with van der Waals surface area (Å²) in [7, 11) is -6.75. The topological polar surface area (TPSA) is 61.8 Å². The van der Waals surface area contributed by atoms with Crippen molar-refractivity contribution in [1.82, 2.24) is 0 Å². The Morgan fingerprint density at radius 2 is 1.04 bits per heavy atom. The van der Waals surface area contributed by atoms with Crippen molar-refractivity contribution in [3.05, 3.63) is 0 Å². The zero-order valence-electron chi connectivity index (χ0n) is 10.2. The minimum atomic E-state index is -6.75. The largest absolute Gasteiger partial charge is 0.527 e. The lowest BCUT2D eigenvalue weighted by Crippen LogP contribution is -2.52. The molecule has 0 saturated carbocycles. The van der Waals surface area contributed by atoms with Gasteiger partial charge in [-0.15, -0.1) is 13.2 Å². The zero-order chi connectivity index (χ0) is 19.8. The summed E-state index contributed by atoms with van der Waals surface area (Å²) in [5, 5.41) is 0. The van der Waals surface area contributed by atoms with Gasteiger partial charge in [-0.3, -0.25) is 4.18 Å². The molecular weight excluding hydrogens is 412 g/mol. The van der Waals surface area contributed by atoms with Crippen LogP contribution in [0.25, 0.3) is 0 Å². The summed E-state index contributed by atoms with van der Waals surface area (Å²) in [5.74, 6) is 0. The normalized spacial score (nSPS) is 15.7. The third-order valence-corrected chi connectivity index (χ3v) is 2.52. The first-order chi connectivity index (χ1) is 10.1. The zero-order valence-corrected chi connectivity index (χ0v) is 11.0. The van der Waals surface area contributed by atoms with Gasteiger partial charge >= 0.3 is 40.3 Å². The summed E-state index contributed by atoms with van der Waals surface area (Å²) in [6, 6.07) is 0. The Labute approximate surface area is 123 Å². The van der Waals surface area contributed by atoms with E-state index in [-0.39, 0.29) is 0 Å². The number of halogens is 12. The van der Waals surface area contributed by atoms with Gasteiger partial charge in [0.2, 0.25) is 0 Å². The summed E-state index contributed by atoms with van der Waals surface area (Å²) in [4.78, 5) is 0. The van der Waals surface area contributed by atoms with Crippen LogP contribution in [0.5, 0.6) is 0 Å². The van der Waals surface area contributed by atoms with E-state index in [9.17, 15) is 61.1 Å². The fourth-order valence-corrected chi connectivity index (χ4v) is 1.12. The van der Waals surface area contributed by atoms with E-state index in [1.165, 1.54) is 0 Å². The van der Waals surface area contributed by atoms with E-state index < -0.39 is 46.9 Å². The van der Waals surface area contributed by atoms with E-state index in [1.807, 2.05) is 4.74 Å². The maximum Gasteiger partial charge on any atom is 0.527 e. The molecule has 0 radical (unpaired) electrons. The second kappa shape index (κ2) is 6.37. The molecule has 24 heavy (non-hydrogen) atoms. The van der Waals surface area contributed by atoms with Crippen molar-refractivity contribution in [2.45, 2.75) is 30.2 Å². The standard InChI is InChI=1S/C6H2F12O5S/c7-2(8,1-21-24(19,20)6(16,17)18)22-3(9,10)4(11,12)23-5(13,14)15/h1H2. The van der Waals surface area contributed by atoms with Gasteiger partial charge < -0.3 is 0 Å². The molecule has 0 bridgehead atoms.